The summed E-state index contributed by atoms with van der Waals surface area (Å²) in [5, 5.41) is 14.1. The molecule has 10 nitrogen and oxygen atoms in total. The highest BCUT2D eigenvalue weighted by molar-refractivity contribution is 6.02. The van der Waals surface area contributed by atoms with Crippen LogP contribution < -0.4 is 15.5 Å². The minimum absolute atomic E-state index is 0.149. The number of nitrogens with zero attached hydrogens (tertiary/aromatic N) is 7. The molecule has 0 saturated carbocycles. The summed E-state index contributed by atoms with van der Waals surface area (Å²) in [6.45, 7) is 6.52. The summed E-state index contributed by atoms with van der Waals surface area (Å²) in [6, 6.07) is 0. The molecule has 2 N–H and O–H groups in total. The summed E-state index contributed by atoms with van der Waals surface area (Å²) < 4.78 is 1.84. The largest absolute Gasteiger partial charge is 0.339 e. The van der Waals surface area contributed by atoms with Crippen LogP contribution in [-0.2, 0) is 0 Å². The molecule has 0 bridgehead atoms. The van der Waals surface area contributed by atoms with E-state index in [-0.39, 0.29) is 5.69 Å². The molecular weight excluding hydrogens is 358 g/mol. The maximum atomic E-state index is 12.5. The molecule has 1 aliphatic rings. The Labute approximate surface area is 162 Å². The smallest absolute Gasteiger partial charge is 0.278 e. The van der Waals surface area contributed by atoms with Crippen molar-refractivity contribution < 1.29 is 4.79 Å². The Balaban J connectivity index is 1.45. The molecular formula is C18H23N9O. The van der Waals surface area contributed by atoms with Crippen LogP contribution in [0.2, 0.25) is 0 Å². The number of amides is 1. The van der Waals surface area contributed by atoms with Gasteiger partial charge in [-0.3, -0.25) is 4.79 Å². The van der Waals surface area contributed by atoms with Gasteiger partial charge in [0.1, 0.15) is 5.82 Å². The number of hydrogen-bond acceptors (Lipinski definition) is 8. The lowest BCUT2D eigenvalue weighted by atomic mass is 10.1. The summed E-state index contributed by atoms with van der Waals surface area (Å²) in [7, 11) is 1.95. The van der Waals surface area contributed by atoms with Crippen LogP contribution in [0.5, 0.6) is 0 Å². The first-order chi connectivity index (χ1) is 13.5. The van der Waals surface area contributed by atoms with Crippen LogP contribution in [0.3, 0.4) is 0 Å². The van der Waals surface area contributed by atoms with E-state index in [0.29, 0.717) is 17.7 Å². The zero-order valence-electron chi connectivity index (χ0n) is 16.2. The van der Waals surface area contributed by atoms with Gasteiger partial charge in [0, 0.05) is 19.3 Å². The molecule has 3 aromatic heterocycles. The third-order valence-electron chi connectivity index (χ3n) is 4.81. The zero-order chi connectivity index (χ0) is 19.7. The first kappa shape index (κ1) is 18.2. The maximum Gasteiger partial charge on any atom is 0.278 e. The van der Waals surface area contributed by atoms with Gasteiger partial charge in [0.15, 0.2) is 11.3 Å². The van der Waals surface area contributed by atoms with Crippen molar-refractivity contribution in [3.8, 4) is 0 Å². The maximum absolute atomic E-state index is 12.5. The van der Waals surface area contributed by atoms with Crippen molar-refractivity contribution in [1.82, 2.24) is 34.9 Å². The van der Waals surface area contributed by atoms with Crippen LogP contribution in [0, 0.1) is 19.8 Å². The van der Waals surface area contributed by atoms with Crippen molar-refractivity contribution in [2.75, 3.05) is 36.9 Å². The van der Waals surface area contributed by atoms with Gasteiger partial charge >= 0.3 is 0 Å². The highest BCUT2D eigenvalue weighted by atomic mass is 16.2. The van der Waals surface area contributed by atoms with E-state index in [9.17, 15) is 4.79 Å². The van der Waals surface area contributed by atoms with Crippen LogP contribution in [0.1, 0.15) is 28.3 Å². The number of anilines is 2. The third-order valence-corrected chi connectivity index (χ3v) is 4.81. The highest BCUT2D eigenvalue weighted by Crippen LogP contribution is 2.19. The molecule has 4 heterocycles. The number of imidazole rings is 1. The highest BCUT2D eigenvalue weighted by Gasteiger charge is 2.24. The fourth-order valence-electron chi connectivity index (χ4n) is 3.50. The molecule has 1 saturated heterocycles. The Morgan fingerprint density at radius 3 is 2.86 bits per heavy atom. The molecule has 1 amide bonds. The third kappa shape index (κ3) is 3.63. The first-order valence-electron chi connectivity index (χ1n) is 9.27. The summed E-state index contributed by atoms with van der Waals surface area (Å²) >= 11 is 0. The second-order valence-electron chi connectivity index (χ2n) is 7.08. The van der Waals surface area contributed by atoms with Gasteiger partial charge in [-0.1, -0.05) is 0 Å². The monoisotopic (exact) mass is 381 g/mol. The molecule has 3 aromatic rings. The molecule has 0 radical (unpaired) electrons. The van der Waals surface area contributed by atoms with Crippen LogP contribution in [-0.4, -0.2) is 62.1 Å². The van der Waals surface area contributed by atoms with E-state index in [2.05, 4.69) is 40.7 Å². The number of carbonyl (C=O) groups is 1. The minimum Gasteiger partial charge on any atom is -0.339 e. The van der Waals surface area contributed by atoms with Crippen molar-refractivity contribution in [3.63, 3.8) is 0 Å². The topological polar surface area (TPSA) is 113 Å². The number of aryl methyl sites for hydroxylation is 2. The van der Waals surface area contributed by atoms with E-state index < -0.39 is 5.91 Å². The molecule has 0 aliphatic carbocycles. The number of nitrogens with one attached hydrogen (secondary N) is 2. The van der Waals surface area contributed by atoms with Crippen LogP contribution in [0.15, 0.2) is 18.6 Å². The number of fused-ring (bicyclic) bond motifs is 1. The van der Waals surface area contributed by atoms with Crippen molar-refractivity contribution in [1.29, 1.82) is 0 Å². The van der Waals surface area contributed by atoms with Crippen molar-refractivity contribution >= 4 is 23.3 Å². The summed E-state index contributed by atoms with van der Waals surface area (Å²) in [5.41, 5.74) is 2.54. The van der Waals surface area contributed by atoms with Crippen molar-refractivity contribution in [2.45, 2.75) is 20.3 Å². The number of rotatable bonds is 5. The Hall–Kier alpha value is -3.14. The average Bonchev–Trinajstić information content (AvgIpc) is 3.28. The number of aromatic nitrogens is 6. The molecule has 146 valence electrons. The Morgan fingerprint density at radius 2 is 2.11 bits per heavy atom. The van der Waals surface area contributed by atoms with Gasteiger partial charge in [-0.15, -0.1) is 10.2 Å². The zero-order valence-corrected chi connectivity index (χ0v) is 16.2. The lowest BCUT2D eigenvalue weighted by Crippen LogP contribution is -2.26. The molecule has 28 heavy (non-hydrogen) atoms. The van der Waals surface area contributed by atoms with E-state index in [0.717, 1.165) is 43.1 Å². The van der Waals surface area contributed by atoms with Crippen molar-refractivity contribution in [3.05, 3.63) is 35.7 Å². The predicted octanol–water partition coefficient (Wildman–Crippen LogP) is 0.829. The quantitative estimate of drug-likeness (QED) is 0.668. The fraction of sp³-hybridized carbons (Fsp3) is 0.444. The first-order valence-corrected chi connectivity index (χ1v) is 9.27. The fourth-order valence-corrected chi connectivity index (χ4v) is 3.50. The van der Waals surface area contributed by atoms with Gasteiger partial charge < -0.3 is 19.9 Å². The minimum atomic E-state index is -0.399. The molecule has 0 spiro atoms. The van der Waals surface area contributed by atoms with Crippen LogP contribution in [0.4, 0.5) is 11.8 Å². The molecule has 4 rings (SSSR count). The normalized spacial score (nSPS) is 16.7. The molecule has 0 aromatic carbocycles. The SMILES string of the molecule is CNCC1CCN(c2ncc(C(=O)Nc3cn4cc(C)nc4c(C)n3)nn2)C1. The number of carbonyl (C=O) groups excluding carboxylic acids is 1. The lowest BCUT2D eigenvalue weighted by Gasteiger charge is -2.15. The van der Waals surface area contributed by atoms with Gasteiger partial charge in [0.05, 0.1) is 23.8 Å². The van der Waals surface area contributed by atoms with E-state index in [1.807, 2.05) is 31.5 Å². The van der Waals surface area contributed by atoms with E-state index >= 15 is 0 Å². The molecule has 1 aliphatic heterocycles. The van der Waals surface area contributed by atoms with Gasteiger partial charge in [-0.05, 0) is 39.8 Å². The Kier molecular flexibility index (Phi) is 4.86. The summed E-state index contributed by atoms with van der Waals surface area (Å²) in [4.78, 5) is 27.7. The van der Waals surface area contributed by atoms with Crippen LogP contribution >= 0.6 is 0 Å². The summed E-state index contributed by atoms with van der Waals surface area (Å²) in [5.74, 6) is 1.16. The average molecular weight is 381 g/mol. The second-order valence-corrected chi connectivity index (χ2v) is 7.08. The van der Waals surface area contributed by atoms with E-state index in [1.165, 1.54) is 6.20 Å². The molecule has 10 heteroatoms. The van der Waals surface area contributed by atoms with Gasteiger partial charge in [-0.2, -0.15) is 0 Å². The van der Waals surface area contributed by atoms with Gasteiger partial charge in [-0.25, -0.2) is 15.0 Å². The van der Waals surface area contributed by atoms with Gasteiger partial charge in [0.25, 0.3) is 5.91 Å². The Bertz CT molecular complexity index is 998. The predicted molar refractivity (Wildman–Crippen MR) is 104 cm³/mol. The lowest BCUT2D eigenvalue weighted by molar-refractivity contribution is 0.102. The van der Waals surface area contributed by atoms with Crippen molar-refractivity contribution in [2.24, 2.45) is 5.92 Å². The Morgan fingerprint density at radius 1 is 1.25 bits per heavy atom. The molecule has 1 atom stereocenters. The van der Waals surface area contributed by atoms with Crippen LogP contribution in [0.25, 0.3) is 5.65 Å². The van der Waals surface area contributed by atoms with E-state index in [1.54, 1.807) is 6.20 Å². The van der Waals surface area contributed by atoms with E-state index in [4.69, 9.17) is 0 Å². The molecule has 1 unspecified atom stereocenters. The second kappa shape index (κ2) is 7.47. The standard InChI is InChI=1S/C18H23N9O/c1-11-8-27-10-15(22-12(2)16(27)21-11)23-17(28)14-7-20-18(25-24-14)26-5-4-13(9-26)6-19-3/h7-8,10,13,19H,4-6,9H2,1-3H3,(H,23,28). The summed E-state index contributed by atoms with van der Waals surface area (Å²) in [6.07, 6.45) is 6.15. The molecule has 1 fully saturated rings. The van der Waals surface area contributed by atoms with Gasteiger partial charge in [0.2, 0.25) is 5.95 Å². The number of hydrogen-bond donors (Lipinski definition) is 2.